The number of likely N-dealkylation sites (tertiary alicyclic amines) is 1. The molecule has 0 spiro atoms. The maximum atomic E-state index is 14.1. The second-order valence-electron chi connectivity index (χ2n) is 15.2. The van der Waals surface area contributed by atoms with Crippen LogP contribution in [-0.4, -0.2) is 131 Å². The van der Waals surface area contributed by atoms with Gasteiger partial charge in [0, 0.05) is 24.0 Å². The Morgan fingerprint density at radius 3 is 2.18 bits per heavy atom. The van der Waals surface area contributed by atoms with Gasteiger partial charge in [0.15, 0.2) is 0 Å². The van der Waals surface area contributed by atoms with Gasteiger partial charge < -0.3 is 49.3 Å². The number of hydrogen-bond donors (Lipinski definition) is 3. The summed E-state index contributed by atoms with van der Waals surface area (Å²) < 4.78 is 33.1. The number of nitrogens with one attached hydrogen (secondary N) is 3. The van der Waals surface area contributed by atoms with Crippen molar-refractivity contribution in [3.8, 4) is 5.75 Å². The molecule has 3 atom stereocenters. The first-order valence-electron chi connectivity index (χ1n) is 20.3. The second-order valence-corrected chi connectivity index (χ2v) is 16.1. The number of alkyl carbamates (subject to hydrolysis) is 1. The molecule has 57 heavy (non-hydrogen) atoms. The molecule has 0 radical (unpaired) electrons. The monoisotopic (exact) mass is 817 g/mol. The first-order chi connectivity index (χ1) is 27.5. The topological polar surface area (TPSA) is 176 Å². The number of likely N-dealkylation sites (N-methyl/N-ethyl adjacent to an activating group) is 1. The van der Waals surface area contributed by atoms with Crippen LogP contribution in [0.2, 0.25) is 0 Å². The summed E-state index contributed by atoms with van der Waals surface area (Å²) in [5.74, 6) is 0.203. The number of ether oxygens (including phenoxy) is 6. The molecule has 1 aliphatic carbocycles. The molecule has 3 N–H and O–H groups in total. The zero-order valence-electron chi connectivity index (χ0n) is 34.3. The number of carbonyl (C=O) groups excluding carboxylic acids is 4. The second kappa shape index (κ2) is 24.3. The highest BCUT2D eigenvalue weighted by atomic mass is 32.1. The SMILES string of the molecule is CN[C@@H](C)C(=O)N[C@H](C(=O)N1CCC[C@H]1c1nc(C(=O)c2cccc(OCCOCCOCCOCCOCCNC(=O)OC(C)(C)C)c2)cs1)C1CCCCC1. The molecule has 16 heteroatoms. The van der Waals surface area contributed by atoms with E-state index >= 15 is 0 Å². The molecule has 2 fully saturated rings. The van der Waals surface area contributed by atoms with Gasteiger partial charge >= 0.3 is 6.09 Å². The van der Waals surface area contributed by atoms with E-state index in [9.17, 15) is 19.2 Å². The van der Waals surface area contributed by atoms with E-state index in [1.165, 1.54) is 11.3 Å². The molecule has 15 nitrogen and oxygen atoms in total. The lowest BCUT2D eigenvalue weighted by molar-refractivity contribution is -0.139. The molecule has 0 bridgehead atoms. The number of thiazole rings is 1. The van der Waals surface area contributed by atoms with E-state index in [4.69, 9.17) is 33.4 Å². The number of carbonyl (C=O) groups is 4. The zero-order valence-corrected chi connectivity index (χ0v) is 35.1. The van der Waals surface area contributed by atoms with Crippen molar-refractivity contribution in [2.75, 3.05) is 79.6 Å². The number of ketones is 1. The van der Waals surface area contributed by atoms with Gasteiger partial charge in [-0.2, -0.15) is 0 Å². The fraction of sp³-hybridized carbons (Fsp3) is 0.683. The van der Waals surface area contributed by atoms with Gasteiger partial charge in [0.1, 0.15) is 34.7 Å². The molecule has 3 amide bonds. The molecular formula is C41H63N5O10S. The van der Waals surface area contributed by atoms with Crippen molar-refractivity contribution in [3.05, 3.63) is 45.9 Å². The van der Waals surface area contributed by atoms with Crippen molar-refractivity contribution in [2.45, 2.75) is 96.4 Å². The van der Waals surface area contributed by atoms with Crippen LogP contribution in [-0.2, 0) is 33.3 Å². The molecule has 1 saturated heterocycles. The molecule has 318 valence electrons. The molecule has 0 unspecified atom stereocenters. The lowest BCUT2D eigenvalue weighted by atomic mass is 9.83. The summed E-state index contributed by atoms with van der Waals surface area (Å²) in [6.07, 6.45) is 6.22. The number of rotatable bonds is 24. The lowest BCUT2D eigenvalue weighted by Gasteiger charge is -2.35. The van der Waals surface area contributed by atoms with E-state index in [0.717, 1.165) is 50.0 Å². The maximum Gasteiger partial charge on any atom is 0.407 e. The van der Waals surface area contributed by atoms with Crippen LogP contribution < -0.4 is 20.7 Å². The summed E-state index contributed by atoms with van der Waals surface area (Å²) in [7, 11) is 1.73. The van der Waals surface area contributed by atoms with Crippen molar-refractivity contribution >= 4 is 35.0 Å². The Morgan fingerprint density at radius 1 is 0.877 bits per heavy atom. The highest BCUT2D eigenvalue weighted by molar-refractivity contribution is 7.10. The highest BCUT2D eigenvalue weighted by Gasteiger charge is 2.40. The average Bonchev–Trinajstić information content (AvgIpc) is 3.89. The third kappa shape index (κ3) is 15.9. The average molecular weight is 818 g/mol. The van der Waals surface area contributed by atoms with Crippen molar-refractivity contribution in [2.24, 2.45) is 5.92 Å². The molecule has 4 rings (SSSR count). The van der Waals surface area contributed by atoms with Crippen LogP contribution in [0.4, 0.5) is 4.79 Å². The molecule has 1 aromatic heterocycles. The number of nitrogens with zero attached hydrogens (tertiary/aromatic N) is 2. The van der Waals surface area contributed by atoms with E-state index in [-0.39, 0.29) is 29.6 Å². The third-order valence-corrected chi connectivity index (χ3v) is 10.7. The molecule has 1 aliphatic heterocycles. The predicted molar refractivity (Wildman–Crippen MR) is 216 cm³/mol. The third-order valence-electron chi connectivity index (χ3n) is 9.71. The molecule has 1 saturated carbocycles. The van der Waals surface area contributed by atoms with Gasteiger partial charge in [0.05, 0.1) is 64.9 Å². The molecule has 2 aliphatic rings. The van der Waals surface area contributed by atoms with Crippen molar-refractivity contribution in [3.63, 3.8) is 0 Å². The number of aromatic nitrogens is 1. The Balaban J connectivity index is 1.12. The van der Waals surface area contributed by atoms with Crippen LogP contribution in [0, 0.1) is 5.92 Å². The molecule has 1 aromatic carbocycles. The fourth-order valence-electron chi connectivity index (χ4n) is 6.66. The van der Waals surface area contributed by atoms with Crippen molar-refractivity contribution < 1.29 is 47.6 Å². The van der Waals surface area contributed by atoms with Crippen LogP contribution in [0.3, 0.4) is 0 Å². The summed E-state index contributed by atoms with van der Waals surface area (Å²) in [6.45, 7) is 11.7. The Morgan fingerprint density at radius 2 is 1.53 bits per heavy atom. The molecule has 2 heterocycles. The Labute approximate surface area is 341 Å². The quantitative estimate of drug-likeness (QED) is 0.0988. The first kappa shape index (κ1) is 46.0. The van der Waals surface area contributed by atoms with E-state index in [1.54, 1.807) is 43.6 Å². The Bertz CT molecular complexity index is 1550. The zero-order chi connectivity index (χ0) is 41.0. The first-order valence-corrected chi connectivity index (χ1v) is 21.1. The van der Waals surface area contributed by atoms with Gasteiger partial charge in [-0.3, -0.25) is 14.4 Å². The summed E-state index contributed by atoms with van der Waals surface area (Å²) in [4.78, 5) is 58.7. The van der Waals surface area contributed by atoms with Gasteiger partial charge in [-0.25, -0.2) is 9.78 Å². The predicted octanol–water partition coefficient (Wildman–Crippen LogP) is 4.68. The minimum Gasteiger partial charge on any atom is -0.491 e. The number of benzene rings is 1. The van der Waals surface area contributed by atoms with E-state index in [1.807, 2.05) is 25.7 Å². The summed E-state index contributed by atoms with van der Waals surface area (Å²) in [5, 5.41) is 11.2. The van der Waals surface area contributed by atoms with Gasteiger partial charge in [-0.15, -0.1) is 11.3 Å². The standard InChI is InChI=1S/C41H63N5O10S/c1-29(42-5)37(48)45-35(30-11-7-6-8-12-30)39(49)46-17-10-15-34(46)38-44-33(28-57-38)36(47)31-13-9-14-32(27-31)55-26-25-54-24-23-53-22-21-52-20-19-51-18-16-43-40(50)56-41(2,3)4/h9,13-14,27-30,34-35,42H,6-8,10-12,15-26H2,1-5H3,(H,43,50)(H,45,48)/t29-,34-,35-/m0/s1. The summed E-state index contributed by atoms with van der Waals surface area (Å²) in [5.41, 5.74) is 0.258. The van der Waals surface area contributed by atoms with Crippen molar-refractivity contribution in [1.82, 2.24) is 25.8 Å². The number of amides is 3. The van der Waals surface area contributed by atoms with Crippen LogP contribution >= 0.6 is 11.3 Å². The highest BCUT2D eigenvalue weighted by Crippen LogP contribution is 2.36. The molecule has 2 aromatic rings. The van der Waals surface area contributed by atoms with Crippen LogP contribution in [0.5, 0.6) is 5.75 Å². The lowest BCUT2D eigenvalue weighted by Crippen LogP contribution is -2.55. The van der Waals surface area contributed by atoms with E-state index in [0.29, 0.717) is 89.6 Å². The van der Waals surface area contributed by atoms with Crippen LogP contribution in [0.15, 0.2) is 29.6 Å². The van der Waals surface area contributed by atoms with Crippen LogP contribution in [0.25, 0.3) is 0 Å². The van der Waals surface area contributed by atoms with E-state index in [2.05, 4.69) is 16.0 Å². The minimum absolute atomic E-state index is 0.0573. The van der Waals surface area contributed by atoms with Gasteiger partial charge in [-0.05, 0) is 78.5 Å². The minimum atomic E-state index is -0.575. The smallest absolute Gasteiger partial charge is 0.407 e. The largest absolute Gasteiger partial charge is 0.491 e. The summed E-state index contributed by atoms with van der Waals surface area (Å²) >= 11 is 1.39. The van der Waals surface area contributed by atoms with Crippen molar-refractivity contribution in [1.29, 1.82) is 0 Å². The Kier molecular flexibility index (Phi) is 19.6. The van der Waals surface area contributed by atoms with E-state index < -0.39 is 23.8 Å². The summed E-state index contributed by atoms with van der Waals surface area (Å²) in [6, 6.07) is 5.79. The number of hydrogen-bond acceptors (Lipinski definition) is 13. The normalized spacial score (nSPS) is 17.2. The Hall–Kier alpha value is -3.67. The molecular weight excluding hydrogens is 755 g/mol. The maximum absolute atomic E-state index is 14.1. The van der Waals surface area contributed by atoms with Crippen LogP contribution in [0.1, 0.15) is 99.7 Å². The fourth-order valence-corrected chi connectivity index (χ4v) is 7.61. The van der Waals surface area contributed by atoms with Gasteiger partial charge in [0.2, 0.25) is 17.6 Å². The van der Waals surface area contributed by atoms with Gasteiger partial charge in [-0.1, -0.05) is 31.4 Å². The van der Waals surface area contributed by atoms with Gasteiger partial charge in [0.25, 0.3) is 0 Å².